The third-order valence-electron chi connectivity index (χ3n) is 4.68. The van der Waals surface area contributed by atoms with Crippen LogP contribution in [0.25, 0.3) is 0 Å². The second-order valence-corrected chi connectivity index (χ2v) is 10.6. The Morgan fingerprint density at radius 3 is 2.11 bits per heavy atom. The van der Waals surface area contributed by atoms with Gasteiger partial charge >= 0.3 is 0 Å². The van der Waals surface area contributed by atoms with Crippen LogP contribution in [0.15, 0.2) is 58.3 Å². The van der Waals surface area contributed by atoms with Gasteiger partial charge in [-0.15, -0.1) is 0 Å². The Hall–Kier alpha value is -1.74. The van der Waals surface area contributed by atoms with E-state index in [0.29, 0.717) is 5.92 Å². The van der Waals surface area contributed by atoms with E-state index in [1.807, 2.05) is 24.3 Å². The minimum absolute atomic E-state index is 0.0558. The largest absolute Gasteiger partial charge is 0.243 e. The van der Waals surface area contributed by atoms with Crippen LogP contribution in [0.2, 0.25) is 0 Å². The van der Waals surface area contributed by atoms with E-state index in [-0.39, 0.29) is 22.4 Å². The van der Waals surface area contributed by atoms with E-state index >= 15 is 0 Å². The molecule has 0 radical (unpaired) electrons. The maximum absolute atomic E-state index is 13.2. The van der Waals surface area contributed by atoms with Gasteiger partial charge in [0, 0.05) is 12.6 Å². The lowest BCUT2D eigenvalue weighted by Crippen LogP contribution is -2.32. The van der Waals surface area contributed by atoms with Crippen LogP contribution in [-0.2, 0) is 26.6 Å². The first-order valence-corrected chi connectivity index (χ1v) is 11.8. The summed E-state index contributed by atoms with van der Waals surface area (Å²) in [5.41, 5.74) is 2.10. The predicted octanol–water partition coefficient (Wildman–Crippen LogP) is 2.81. The van der Waals surface area contributed by atoms with E-state index < -0.39 is 20.0 Å². The highest BCUT2D eigenvalue weighted by molar-refractivity contribution is 7.90. The fourth-order valence-corrected chi connectivity index (χ4v) is 5.26. The Morgan fingerprint density at radius 2 is 1.59 bits per heavy atom. The Morgan fingerprint density at radius 1 is 1.00 bits per heavy atom. The van der Waals surface area contributed by atoms with Crippen molar-refractivity contribution in [3.8, 4) is 0 Å². The Kier molecular flexibility index (Phi) is 5.45. The molecule has 146 valence electrons. The maximum Gasteiger partial charge on any atom is 0.243 e. The zero-order valence-corrected chi connectivity index (χ0v) is 17.0. The smallest absolute Gasteiger partial charge is 0.225 e. The third kappa shape index (κ3) is 4.57. The van der Waals surface area contributed by atoms with Gasteiger partial charge in [-0.2, -0.15) is 4.31 Å². The number of hydrogen-bond donors (Lipinski definition) is 1. The van der Waals surface area contributed by atoms with Crippen molar-refractivity contribution >= 4 is 20.0 Å². The lowest BCUT2D eigenvalue weighted by Gasteiger charge is -2.22. The van der Waals surface area contributed by atoms with Gasteiger partial charge in [0.1, 0.15) is 0 Å². The summed E-state index contributed by atoms with van der Waals surface area (Å²) >= 11 is 0. The van der Waals surface area contributed by atoms with Gasteiger partial charge in [0.05, 0.1) is 9.79 Å². The molecule has 0 bridgehead atoms. The molecule has 2 aromatic rings. The highest BCUT2D eigenvalue weighted by atomic mass is 32.2. The summed E-state index contributed by atoms with van der Waals surface area (Å²) in [6.45, 7) is 4.47. The first-order valence-electron chi connectivity index (χ1n) is 8.82. The second kappa shape index (κ2) is 7.35. The minimum atomic E-state index is -3.97. The summed E-state index contributed by atoms with van der Waals surface area (Å²) in [6.07, 6.45) is 1.61. The molecule has 0 heterocycles. The molecule has 2 N–H and O–H groups in total. The predicted molar refractivity (Wildman–Crippen MR) is 104 cm³/mol. The fraction of sp³-hybridized carbons (Fsp3) is 0.368. The molecule has 1 saturated carbocycles. The van der Waals surface area contributed by atoms with Crippen molar-refractivity contribution in [1.29, 1.82) is 0 Å². The molecule has 3 rings (SSSR count). The van der Waals surface area contributed by atoms with Gasteiger partial charge in [-0.25, -0.2) is 22.0 Å². The summed E-state index contributed by atoms with van der Waals surface area (Å²) in [5, 5.41) is 5.14. The zero-order valence-electron chi connectivity index (χ0n) is 15.4. The van der Waals surface area contributed by atoms with Crippen molar-refractivity contribution in [2.45, 2.75) is 55.0 Å². The van der Waals surface area contributed by atoms with Crippen molar-refractivity contribution in [1.82, 2.24) is 4.31 Å². The molecule has 6 nitrogen and oxygen atoms in total. The van der Waals surface area contributed by atoms with Crippen LogP contribution in [0.5, 0.6) is 0 Å². The number of benzene rings is 2. The number of hydrogen-bond acceptors (Lipinski definition) is 4. The van der Waals surface area contributed by atoms with E-state index in [1.54, 1.807) is 0 Å². The van der Waals surface area contributed by atoms with E-state index in [1.165, 1.54) is 28.1 Å². The second-order valence-electron chi connectivity index (χ2n) is 7.20. The summed E-state index contributed by atoms with van der Waals surface area (Å²) in [4.78, 5) is -0.264. The molecule has 27 heavy (non-hydrogen) atoms. The molecule has 0 aliphatic heterocycles. The average molecular weight is 409 g/mol. The molecule has 1 fully saturated rings. The Labute approximate surface area is 161 Å². The van der Waals surface area contributed by atoms with Gasteiger partial charge in [0.15, 0.2) is 0 Å². The summed E-state index contributed by atoms with van der Waals surface area (Å²) in [5.74, 6) is 0.406. The van der Waals surface area contributed by atoms with Crippen LogP contribution in [0.3, 0.4) is 0 Å². The highest BCUT2D eigenvalue weighted by Gasteiger charge is 2.38. The quantitative estimate of drug-likeness (QED) is 0.762. The monoisotopic (exact) mass is 408 g/mol. The van der Waals surface area contributed by atoms with E-state index in [2.05, 4.69) is 13.8 Å². The van der Waals surface area contributed by atoms with Gasteiger partial charge in [0.2, 0.25) is 20.0 Å². The molecule has 8 heteroatoms. The lowest BCUT2D eigenvalue weighted by molar-refractivity contribution is 0.398. The van der Waals surface area contributed by atoms with Crippen LogP contribution in [0.4, 0.5) is 0 Å². The zero-order chi connectivity index (χ0) is 19.8. The van der Waals surface area contributed by atoms with Gasteiger partial charge in [-0.05, 0) is 48.1 Å². The highest BCUT2D eigenvalue weighted by Crippen LogP contribution is 2.34. The molecule has 0 spiro atoms. The van der Waals surface area contributed by atoms with Crippen LogP contribution >= 0.6 is 0 Å². The number of nitrogens with zero attached hydrogens (tertiary/aromatic N) is 1. The summed E-state index contributed by atoms with van der Waals surface area (Å²) in [7, 11) is -7.80. The van der Waals surface area contributed by atoms with Crippen molar-refractivity contribution in [2.24, 2.45) is 5.14 Å². The maximum atomic E-state index is 13.2. The molecule has 0 unspecified atom stereocenters. The average Bonchev–Trinajstić information content (AvgIpc) is 3.44. The Bertz CT molecular complexity index is 1030. The lowest BCUT2D eigenvalue weighted by atomic mass is 10.0. The van der Waals surface area contributed by atoms with Crippen molar-refractivity contribution in [2.75, 3.05) is 0 Å². The van der Waals surface area contributed by atoms with Gasteiger partial charge in [0.25, 0.3) is 0 Å². The van der Waals surface area contributed by atoms with Crippen LogP contribution in [-0.4, -0.2) is 27.2 Å². The molecular weight excluding hydrogens is 384 g/mol. The fourth-order valence-electron chi connectivity index (χ4n) is 2.91. The normalized spacial score (nSPS) is 15.4. The van der Waals surface area contributed by atoms with Crippen LogP contribution in [0.1, 0.15) is 43.7 Å². The number of nitrogens with two attached hydrogens (primary N) is 1. The van der Waals surface area contributed by atoms with Gasteiger partial charge < -0.3 is 0 Å². The molecule has 1 aliphatic carbocycles. The first kappa shape index (κ1) is 20.0. The van der Waals surface area contributed by atoms with Crippen molar-refractivity contribution < 1.29 is 16.8 Å². The van der Waals surface area contributed by atoms with E-state index in [9.17, 15) is 16.8 Å². The van der Waals surface area contributed by atoms with Crippen LogP contribution < -0.4 is 5.14 Å². The Balaban J connectivity index is 1.92. The molecule has 0 atom stereocenters. The number of sulfonamides is 2. The summed E-state index contributed by atoms with van der Waals surface area (Å²) in [6, 6.07) is 13.1. The standard InChI is InChI=1S/C19H24N2O4S2/c1-14(2)16-8-6-15(7-9-16)13-21(17-10-11-17)27(24,25)19-5-3-4-18(12-19)26(20,22)23/h3-9,12,14,17H,10-11,13H2,1-2H3,(H2,20,22,23). The van der Waals surface area contributed by atoms with Crippen LogP contribution in [0, 0.1) is 0 Å². The summed E-state index contributed by atoms with van der Waals surface area (Å²) < 4.78 is 50.9. The van der Waals surface area contributed by atoms with Crippen molar-refractivity contribution in [3.05, 3.63) is 59.7 Å². The third-order valence-corrected chi connectivity index (χ3v) is 7.48. The van der Waals surface area contributed by atoms with Crippen molar-refractivity contribution in [3.63, 3.8) is 0 Å². The SMILES string of the molecule is CC(C)c1ccc(CN(C2CC2)S(=O)(=O)c2cccc(S(N)(=O)=O)c2)cc1. The van der Waals surface area contributed by atoms with E-state index in [0.717, 1.165) is 24.5 Å². The number of rotatable bonds is 7. The first-order chi connectivity index (χ1) is 12.6. The molecule has 0 saturated heterocycles. The van der Waals surface area contributed by atoms with E-state index in [4.69, 9.17) is 5.14 Å². The van der Waals surface area contributed by atoms with Gasteiger partial charge in [-0.1, -0.05) is 44.2 Å². The molecule has 0 amide bonds. The van der Waals surface area contributed by atoms with Gasteiger partial charge in [-0.3, -0.25) is 0 Å². The molecule has 2 aromatic carbocycles. The topological polar surface area (TPSA) is 97.5 Å². The molecule has 1 aliphatic rings. The number of primary sulfonamides is 1. The molecule has 0 aromatic heterocycles. The molecular formula is C19H24N2O4S2. The minimum Gasteiger partial charge on any atom is -0.225 e.